The van der Waals surface area contributed by atoms with Crippen molar-refractivity contribution < 1.29 is 24.2 Å². The first kappa shape index (κ1) is 15.4. The number of amides is 1. The van der Waals surface area contributed by atoms with Crippen LogP contribution in [0.3, 0.4) is 0 Å². The number of ether oxygens (including phenoxy) is 2. The van der Waals surface area contributed by atoms with Gasteiger partial charge in [0, 0.05) is 20.4 Å². The Kier molecular flexibility index (Phi) is 3.50. The maximum absolute atomic E-state index is 12.6. The highest BCUT2D eigenvalue weighted by molar-refractivity contribution is 14.1. The van der Waals surface area contributed by atoms with E-state index < -0.39 is 11.5 Å². The van der Waals surface area contributed by atoms with Gasteiger partial charge in [0.15, 0.2) is 22.9 Å². The normalized spacial score (nSPS) is 20.7. The molecule has 1 unspecified atom stereocenters. The number of hydrogen-bond acceptors (Lipinski definition) is 5. The molecule has 7 heteroatoms. The van der Waals surface area contributed by atoms with Gasteiger partial charge in [0.25, 0.3) is 5.91 Å². The minimum atomic E-state index is -1.87. The number of Topliss-reactive ketones (excluding diaryl/α,β-unsaturated/α-hetero) is 1. The van der Waals surface area contributed by atoms with Gasteiger partial charge in [0.1, 0.15) is 0 Å². The van der Waals surface area contributed by atoms with Gasteiger partial charge in [-0.1, -0.05) is 0 Å². The van der Waals surface area contributed by atoms with Crippen LogP contribution < -0.4 is 14.8 Å². The van der Waals surface area contributed by atoms with Crippen LogP contribution in [0.25, 0.3) is 0 Å². The Hall–Kier alpha value is -2.13. The molecule has 1 atom stereocenters. The van der Waals surface area contributed by atoms with Crippen molar-refractivity contribution in [2.24, 2.45) is 0 Å². The lowest BCUT2D eigenvalue weighted by molar-refractivity contribution is -0.133. The second-order valence-electron chi connectivity index (χ2n) is 5.67. The fourth-order valence-corrected chi connectivity index (χ4v) is 3.39. The van der Waals surface area contributed by atoms with Crippen molar-refractivity contribution in [3.05, 3.63) is 51.1 Å². The summed E-state index contributed by atoms with van der Waals surface area (Å²) in [4.78, 5) is 24.9. The largest absolute Gasteiger partial charge is 0.454 e. The van der Waals surface area contributed by atoms with E-state index in [-0.39, 0.29) is 19.0 Å². The van der Waals surface area contributed by atoms with Crippen molar-refractivity contribution in [3.63, 3.8) is 0 Å². The third-order valence-corrected chi connectivity index (χ3v) is 4.83. The average molecular weight is 435 g/mol. The van der Waals surface area contributed by atoms with Crippen molar-refractivity contribution in [2.75, 3.05) is 12.1 Å². The van der Waals surface area contributed by atoms with E-state index in [1.54, 1.807) is 30.3 Å². The topological polar surface area (TPSA) is 84.9 Å². The van der Waals surface area contributed by atoms with Crippen LogP contribution in [0.4, 0.5) is 5.69 Å². The van der Waals surface area contributed by atoms with Gasteiger partial charge in [-0.15, -0.1) is 0 Å². The van der Waals surface area contributed by atoms with Gasteiger partial charge in [0.2, 0.25) is 6.79 Å². The molecule has 2 aliphatic rings. The Morgan fingerprint density at radius 2 is 2.00 bits per heavy atom. The summed E-state index contributed by atoms with van der Waals surface area (Å²) in [5.41, 5.74) is -0.557. The van der Waals surface area contributed by atoms with Crippen LogP contribution in [-0.4, -0.2) is 23.6 Å². The molecule has 0 bridgehead atoms. The molecule has 0 spiro atoms. The molecule has 1 amide bonds. The molecule has 2 N–H and O–H groups in total. The number of benzene rings is 2. The molecule has 2 aromatic carbocycles. The summed E-state index contributed by atoms with van der Waals surface area (Å²) >= 11 is 2.10. The summed E-state index contributed by atoms with van der Waals surface area (Å²) in [6.45, 7) is 0.116. The van der Waals surface area contributed by atoms with Crippen molar-refractivity contribution in [2.45, 2.75) is 12.0 Å². The number of carbonyl (C=O) groups is 2. The van der Waals surface area contributed by atoms with Gasteiger partial charge in [-0.3, -0.25) is 9.59 Å². The minimum absolute atomic E-state index is 0.116. The van der Waals surface area contributed by atoms with Crippen LogP contribution in [0.15, 0.2) is 36.4 Å². The standard InChI is InChI=1S/C17H12INO5/c18-10-2-3-12-11(6-10)17(22,16(21)19-12)7-13(20)9-1-4-14-15(5-9)24-8-23-14/h1-6,22H,7-8H2,(H,19,21)/i18-2. The molecule has 4 rings (SSSR count). The van der Waals surface area contributed by atoms with Crippen LogP contribution in [0, 0.1) is 3.57 Å². The third kappa shape index (κ3) is 2.35. The molecule has 0 saturated carbocycles. The Labute approximate surface area is 150 Å². The van der Waals surface area contributed by atoms with E-state index in [2.05, 4.69) is 27.9 Å². The predicted octanol–water partition coefficient (Wildman–Crippen LogP) is 2.43. The zero-order chi connectivity index (χ0) is 16.9. The summed E-state index contributed by atoms with van der Waals surface area (Å²) in [6.07, 6.45) is -0.342. The van der Waals surface area contributed by atoms with E-state index >= 15 is 0 Å². The zero-order valence-corrected chi connectivity index (χ0v) is 14.5. The van der Waals surface area contributed by atoms with E-state index in [4.69, 9.17) is 9.47 Å². The number of anilines is 1. The maximum atomic E-state index is 12.6. The highest BCUT2D eigenvalue weighted by atomic mass is 125. The number of carbonyl (C=O) groups excluding carboxylic acids is 2. The summed E-state index contributed by atoms with van der Waals surface area (Å²) in [5, 5.41) is 13.5. The van der Waals surface area contributed by atoms with Crippen molar-refractivity contribution in [1.82, 2.24) is 0 Å². The fraction of sp³-hybridized carbons (Fsp3) is 0.176. The number of hydrogen-bond donors (Lipinski definition) is 2. The molecule has 0 saturated heterocycles. The van der Waals surface area contributed by atoms with Crippen molar-refractivity contribution in [3.8, 4) is 11.5 Å². The Morgan fingerprint density at radius 3 is 2.83 bits per heavy atom. The first-order valence-corrected chi connectivity index (χ1v) is 8.32. The van der Waals surface area contributed by atoms with Crippen molar-refractivity contribution >= 4 is 40.0 Å². The van der Waals surface area contributed by atoms with Crippen LogP contribution >= 0.6 is 22.6 Å². The monoisotopic (exact) mass is 435 g/mol. The third-order valence-electron chi connectivity index (χ3n) is 4.16. The van der Waals surface area contributed by atoms with E-state index in [1.807, 2.05) is 6.07 Å². The van der Waals surface area contributed by atoms with Crippen LogP contribution in [0.5, 0.6) is 11.5 Å². The summed E-state index contributed by atoms with van der Waals surface area (Å²) in [7, 11) is 0. The highest BCUT2D eigenvalue weighted by Crippen LogP contribution is 2.40. The summed E-state index contributed by atoms with van der Waals surface area (Å²) < 4.78 is 11.3. The SMILES string of the molecule is O=C(CC1(O)C(=O)Nc2ccc([125I])cc21)c1ccc2c(c1)OCO2. The van der Waals surface area contributed by atoms with Crippen molar-refractivity contribution in [1.29, 1.82) is 0 Å². The maximum Gasteiger partial charge on any atom is 0.261 e. The molecule has 24 heavy (non-hydrogen) atoms. The molecule has 0 aliphatic carbocycles. The molecule has 6 nitrogen and oxygen atoms in total. The van der Waals surface area contributed by atoms with E-state index in [1.165, 1.54) is 0 Å². The number of nitrogens with one attached hydrogen (secondary N) is 1. The molecular formula is C17H12INO5. The van der Waals surface area contributed by atoms with Gasteiger partial charge in [-0.05, 0) is 59.0 Å². The van der Waals surface area contributed by atoms with Gasteiger partial charge < -0.3 is 19.9 Å². The lowest BCUT2D eigenvalue weighted by Crippen LogP contribution is -2.36. The second-order valence-corrected chi connectivity index (χ2v) is 6.92. The van der Waals surface area contributed by atoms with E-state index in [0.29, 0.717) is 28.3 Å². The molecule has 0 fully saturated rings. The first-order valence-electron chi connectivity index (χ1n) is 7.24. The number of fused-ring (bicyclic) bond motifs is 2. The molecule has 2 aliphatic heterocycles. The van der Waals surface area contributed by atoms with Crippen LogP contribution in [0.2, 0.25) is 0 Å². The summed E-state index contributed by atoms with van der Waals surface area (Å²) in [5.74, 6) is 0.119. The molecule has 0 aromatic heterocycles. The molecule has 122 valence electrons. The van der Waals surface area contributed by atoms with Gasteiger partial charge in [-0.25, -0.2) is 0 Å². The van der Waals surface area contributed by atoms with E-state index in [0.717, 1.165) is 3.57 Å². The highest BCUT2D eigenvalue weighted by Gasteiger charge is 2.47. The smallest absolute Gasteiger partial charge is 0.261 e. The van der Waals surface area contributed by atoms with Gasteiger partial charge in [0.05, 0.1) is 6.42 Å². The quantitative estimate of drug-likeness (QED) is 0.572. The fourth-order valence-electron chi connectivity index (χ4n) is 2.90. The Morgan fingerprint density at radius 1 is 1.21 bits per heavy atom. The number of rotatable bonds is 3. The van der Waals surface area contributed by atoms with Gasteiger partial charge >= 0.3 is 0 Å². The predicted molar refractivity (Wildman–Crippen MR) is 93.2 cm³/mol. The molecule has 2 aromatic rings. The van der Waals surface area contributed by atoms with Crippen LogP contribution in [-0.2, 0) is 10.4 Å². The lowest BCUT2D eigenvalue weighted by atomic mass is 9.88. The lowest BCUT2D eigenvalue weighted by Gasteiger charge is -2.20. The number of ketones is 1. The second kappa shape index (κ2) is 5.45. The number of halogens is 1. The molecule has 0 radical (unpaired) electrons. The average Bonchev–Trinajstić information content (AvgIpc) is 3.11. The summed E-state index contributed by atoms with van der Waals surface area (Å²) in [6, 6.07) is 10.1. The zero-order valence-electron chi connectivity index (χ0n) is 12.3. The Bertz CT molecular complexity index is 881. The first-order chi connectivity index (χ1) is 11.5. The van der Waals surface area contributed by atoms with Gasteiger partial charge in [-0.2, -0.15) is 0 Å². The van der Waals surface area contributed by atoms with E-state index in [9.17, 15) is 14.7 Å². The number of aliphatic hydroxyl groups is 1. The Balaban J connectivity index is 1.66. The minimum Gasteiger partial charge on any atom is -0.454 e. The van der Waals surface area contributed by atoms with Crippen LogP contribution in [0.1, 0.15) is 22.3 Å². The molecular weight excluding hydrogens is 423 g/mol. The molecule has 2 heterocycles.